The summed E-state index contributed by atoms with van der Waals surface area (Å²) in [5.41, 5.74) is 3.54. The molecule has 0 radical (unpaired) electrons. The molecule has 0 saturated carbocycles. The van der Waals surface area contributed by atoms with Crippen LogP contribution in [0.3, 0.4) is 0 Å². The van der Waals surface area contributed by atoms with Gasteiger partial charge in [-0.3, -0.25) is 19.9 Å². The molecular weight excluding hydrogens is 336 g/mol. The van der Waals surface area contributed by atoms with Crippen molar-refractivity contribution in [2.24, 2.45) is 0 Å². The van der Waals surface area contributed by atoms with Crippen LogP contribution in [-0.4, -0.2) is 16.1 Å². The van der Waals surface area contributed by atoms with Gasteiger partial charge in [0.05, 0.1) is 4.91 Å². The van der Waals surface area contributed by atoms with Gasteiger partial charge in [-0.15, -0.1) is 0 Å². The van der Waals surface area contributed by atoms with E-state index in [0.717, 1.165) is 33.8 Å². The lowest BCUT2D eigenvalue weighted by molar-refractivity contribution is -0.115. The summed E-state index contributed by atoms with van der Waals surface area (Å²) in [7, 11) is 0. The third-order valence-electron chi connectivity index (χ3n) is 3.81. The van der Waals surface area contributed by atoms with E-state index < -0.39 is 5.91 Å². The Labute approximate surface area is 147 Å². The molecular formula is C19H12N2O3S. The maximum Gasteiger partial charge on any atom is 0.290 e. The molecule has 122 valence electrons. The predicted octanol–water partition coefficient (Wildman–Crippen LogP) is 4.46. The van der Waals surface area contributed by atoms with E-state index in [4.69, 9.17) is 4.42 Å². The lowest BCUT2D eigenvalue weighted by Gasteiger charge is -2.02. The number of carbonyl (C=O) groups is 2. The van der Waals surface area contributed by atoms with E-state index in [0.29, 0.717) is 16.2 Å². The SMILES string of the molecule is C=Cc1ccc(-c2cncc3cc(C=C4SC(=O)NC4=O)oc23)cc1. The largest absolute Gasteiger partial charge is 0.456 e. The predicted molar refractivity (Wildman–Crippen MR) is 98.6 cm³/mol. The maximum absolute atomic E-state index is 11.7. The summed E-state index contributed by atoms with van der Waals surface area (Å²) in [6.45, 7) is 3.75. The Bertz CT molecular complexity index is 1050. The highest BCUT2D eigenvalue weighted by Gasteiger charge is 2.25. The number of furan rings is 1. The van der Waals surface area contributed by atoms with Gasteiger partial charge in [-0.05, 0) is 29.0 Å². The topological polar surface area (TPSA) is 72.2 Å². The number of amides is 2. The zero-order valence-electron chi connectivity index (χ0n) is 13.0. The van der Waals surface area contributed by atoms with Crippen LogP contribution < -0.4 is 5.32 Å². The first kappa shape index (κ1) is 15.4. The highest BCUT2D eigenvalue weighted by atomic mass is 32.2. The van der Waals surface area contributed by atoms with Gasteiger partial charge in [-0.2, -0.15) is 0 Å². The summed E-state index contributed by atoms with van der Waals surface area (Å²) in [5, 5.41) is 2.67. The standard InChI is InChI=1S/C19H12N2O3S/c1-2-11-3-5-12(6-4-11)15-10-20-9-13-7-14(24-17(13)15)8-16-18(22)21-19(23)25-16/h2-10H,1H2,(H,21,22,23). The van der Waals surface area contributed by atoms with Gasteiger partial charge in [0.1, 0.15) is 11.3 Å². The molecule has 1 N–H and O–H groups in total. The minimum atomic E-state index is -0.409. The van der Waals surface area contributed by atoms with E-state index in [-0.39, 0.29) is 5.24 Å². The average molecular weight is 348 g/mol. The van der Waals surface area contributed by atoms with Gasteiger partial charge in [-0.1, -0.05) is 36.9 Å². The molecule has 0 unspecified atom stereocenters. The fraction of sp³-hybridized carbons (Fsp3) is 0. The number of benzene rings is 1. The number of imide groups is 1. The van der Waals surface area contributed by atoms with Crippen LogP contribution >= 0.6 is 11.8 Å². The molecule has 2 amide bonds. The Balaban J connectivity index is 1.78. The third kappa shape index (κ3) is 2.88. The molecule has 6 heteroatoms. The van der Waals surface area contributed by atoms with Crippen LogP contribution in [0.1, 0.15) is 11.3 Å². The van der Waals surface area contributed by atoms with Crippen molar-refractivity contribution < 1.29 is 14.0 Å². The molecule has 5 nitrogen and oxygen atoms in total. The first-order valence-corrected chi connectivity index (χ1v) is 8.31. The molecule has 0 atom stereocenters. The summed E-state index contributed by atoms with van der Waals surface area (Å²) in [5.74, 6) is 0.0909. The first-order chi connectivity index (χ1) is 12.1. The third-order valence-corrected chi connectivity index (χ3v) is 4.63. The molecule has 4 rings (SSSR count). The second-order valence-electron chi connectivity index (χ2n) is 5.43. The van der Waals surface area contributed by atoms with E-state index in [1.54, 1.807) is 30.6 Å². The smallest absolute Gasteiger partial charge is 0.290 e. The van der Waals surface area contributed by atoms with Gasteiger partial charge < -0.3 is 4.42 Å². The quantitative estimate of drug-likeness (QED) is 0.708. The Morgan fingerprint density at radius 3 is 2.64 bits per heavy atom. The van der Waals surface area contributed by atoms with Crippen molar-refractivity contribution in [2.75, 3.05) is 0 Å². The molecule has 3 aromatic rings. The molecule has 1 fully saturated rings. The number of hydrogen-bond acceptors (Lipinski definition) is 5. The average Bonchev–Trinajstić information content (AvgIpc) is 3.17. The second kappa shape index (κ2) is 6.07. The number of nitrogens with one attached hydrogen (secondary N) is 1. The van der Waals surface area contributed by atoms with Gasteiger partial charge >= 0.3 is 0 Å². The monoisotopic (exact) mass is 348 g/mol. The number of carbonyl (C=O) groups excluding carboxylic acids is 2. The Morgan fingerprint density at radius 1 is 1.16 bits per heavy atom. The van der Waals surface area contributed by atoms with Crippen LogP contribution in [0.15, 0.2) is 58.6 Å². The van der Waals surface area contributed by atoms with Gasteiger partial charge in [0.2, 0.25) is 0 Å². The summed E-state index contributed by atoms with van der Waals surface area (Å²) >= 11 is 0.860. The summed E-state index contributed by atoms with van der Waals surface area (Å²) in [6, 6.07) is 9.70. The van der Waals surface area contributed by atoms with Gasteiger partial charge in [0.25, 0.3) is 11.1 Å². The lowest BCUT2D eigenvalue weighted by atomic mass is 10.0. The molecule has 1 saturated heterocycles. The normalized spacial score (nSPS) is 15.8. The molecule has 25 heavy (non-hydrogen) atoms. The molecule has 2 aromatic heterocycles. The first-order valence-electron chi connectivity index (χ1n) is 7.49. The maximum atomic E-state index is 11.7. The van der Waals surface area contributed by atoms with E-state index in [9.17, 15) is 9.59 Å². The molecule has 1 aliphatic rings. The Morgan fingerprint density at radius 2 is 1.96 bits per heavy atom. The molecule has 3 heterocycles. The van der Waals surface area contributed by atoms with Crippen LogP contribution in [0.4, 0.5) is 4.79 Å². The van der Waals surface area contributed by atoms with Crippen LogP contribution in [0.2, 0.25) is 0 Å². The number of nitrogens with zero attached hydrogens (tertiary/aromatic N) is 1. The fourth-order valence-electron chi connectivity index (χ4n) is 2.61. The minimum absolute atomic E-state index is 0.314. The van der Waals surface area contributed by atoms with E-state index >= 15 is 0 Å². The van der Waals surface area contributed by atoms with Crippen LogP contribution in [0, 0.1) is 0 Å². The molecule has 1 aliphatic heterocycles. The molecule has 0 spiro atoms. The zero-order valence-corrected chi connectivity index (χ0v) is 13.8. The van der Waals surface area contributed by atoms with Crippen molar-refractivity contribution in [1.82, 2.24) is 10.3 Å². The zero-order chi connectivity index (χ0) is 17.4. The van der Waals surface area contributed by atoms with Crippen molar-refractivity contribution in [3.8, 4) is 11.1 Å². The fourth-order valence-corrected chi connectivity index (χ4v) is 3.27. The second-order valence-corrected chi connectivity index (χ2v) is 6.45. The minimum Gasteiger partial charge on any atom is -0.456 e. The van der Waals surface area contributed by atoms with Crippen molar-refractivity contribution in [1.29, 1.82) is 0 Å². The highest BCUT2D eigenvalue weighted by molar-refractivity contribution is 8.18. The summed E-state index contributed by atoms with van der Waals surface area (Å²) in [4.78, 5) is 27.5. The van der Waals surface area contributed by atoms with Crippen molar-refractivity contribution >= 4 is 46.0 Å². The van der Waals surface area contributed by atoms with E-state index in [1.807, 2.05) is 24.3 Å². The van der Waals surface area contributed by atoms with Crippen LogP contribution in [0.5, 0.6) is 0 Å². The van der Waals surface area contributed by atoms with Crippen molar-refractivity contribution in [3.63, 3.8) is 0 Å². The number of thioether (sulfide) groups is 1. The summed E-state index contributed by atoms with van der Waals surface area (Å²) in [6.07, 6.45) is 6.79. The lowest BCUT2D eigenvalue weighted by Crippen LogP contribution is -2.17. The summed E-state index contributed by atoms with van der Waals surface area (Å²) < 4.78 is 5.91. The van der Waals surface area contributed by atoms with Gasteiger partial charge in [0.15, 0.2) is 0 Å². The van der Waals surface area contributed by atoms with Crippen LogP contribution in [0.25, 0.3) is 34.2 Å². The number of pyridine rings is 1. The number of hydrogen-bond donors (Lipinski definition) is 1. The van der Waals surface area contributed by atoms with Gasteiger partial charge in [-0.25, -0.2) is 0 Å². The van der Waals surface area contributed by atoms with E-state index in [2.05, 4.69) is 16.9 Å². The number of fused-ring (bicyclic) bond motifs is 1. The van der Waals surface area contributed by atoms with Crippen molar-refractivity contribution in [3.05, 3.63) is 65.5 Å². The van der Waals surface area contributed by atoms with Crippen LogP contribution in [-0.2, 0) is 4.79 Å². The Hall–Kier alpha value is -3.12. The molecule has 1 aromatic carbocycles. The number of rotatable bonds is 3. The van der Waals surface area contributed by atoms with Gasteiger partial charge in [0, 0.05) is 29.4 Å². The van der Waals surface area contributed by atoms with Crippen molar-refractivity contribution in [2.45, 2.75) is 0 Å². The van der Waals surface area contributed by atoms with E-state index in [1.165, 1.54) is 0 Å². The number of aromatic nitrogens is 1. The Kier molecular flexibility index (Phi) is 3.74. The molecule has 0 aliphatic carbocycles. The highest BCUT2D eigenvalue weighted by Crippen LogP contribution is 2.32. The molecule has 0 bridgehead atoms.